The number of hydrogen-bond donors (Lipinski definition) is 1. The molecule has 1 saturated heterocycles. The molecule has 1 aromatic rings. The minimum Gasteiger partial charge on any atom is -0.352 e. The van der Waals surface area contributed by atoms with Gasteiger partial charge in [0.05, 0.1) is 0 Å². The molecule has 1 aliphatic heterocycles. The quantitative estimate of drug-likeness (QED) is 0.741. The molecule has 5 heteroatoms. The summed E-state index contributed by atoms with van der Waals surface area (Å²) in [4.78, 5) is 20.1. The van der Waals surface area contributed by atoms with Crippen molar-refractivity contribution in [3.05, 3.63) is 22.7 Å². The van der Waals surface area contributed by atoms with E-state index in [4.69, 9.17) is 11.6 Å². The van der Waals surface area contributed by atoms with Gasteiger partial charge in [-0.3, -0.25) is 4.79 Å². The molecule has 1 unspecified atom stereocenters. The lowest BCUT2D eigenvalue weighted by Crippen LogP contribution is -2.28. The standard InChI is InChI=1S/C9H12ClN3O/c10-5-7-1-4-13(6-7)8-9(14)12-3-2-11-8/h2-3,7H,1,4-6H2,(H,12,14). The van der Waals surface area contributed by atoms with Crippen molar-refractivity contribution in [2.24, 2.45) is 5.92 Å². The zero-order valence-electron chi connectivity index (χ0n) is 7.74. The molecule has 2 rings (SSSR count). The molecule has 4 nitrogen and oxygen atoms in total. The van der Waals surface area contributed by atoms with Gasteiger partial charge in [-0.25, -0.2) is 4.98 Å². The first-order chi connectivity index (χ1) is 6.81. The van der Waals surface area contributed by atoms with E-state index in [2.05, 4.69) is 9.97 Å². The van der Waals surface area contributed by atoms with Crippen molar-refractivity contribution in [1.29, 1.82) is 0 Å². The van der Waals surface area contributed by atoms with Crippen molar-refractivity contribution in [3.8, 4) is 0 Å². The first-order valence-electron chi connectivity index (χ1n) is 4.66. The van der Waals surface area contributed by atoms with Crippen LogP contribution in [0.25, 0.3) is 0 Å². The van der Waals surface area contributed by atoms with E-state index in [-0.39, 0.29) is 5.56 Å². The van der Waals surface area contributed by atoms with E-state index in [1.165, 1.54) is 0 Å². The fraction of sp³-hybridized carbons (Fsp3) is 0.556. The summed E-state index contributed by atoms with van der Waals surface area (Å²) >= 11 is 5.77. The van der Waals surface area contributed by atoms with Gasteiger partial charge in [0.1, 0.15) is 0 Å². The molecule has 1 N–H and O–H groups in total. The highest BCUT2D eigenvalue weighted by molar-refractivity contribution is 6.18. The fourth-order valence-corrected chi connectivity index (χ4v) is 1.97. The van der Waals surface area contributed by atoms with Crippen molar-refractivity contribution in [2.45, 2.75) is 6.42 Å². The molecular formula is C9H12ClN3O. The summed E-state index contributed by atoms with van der Waals surface area (Å²) in [6, 6.07) is 0. The monoisotopic (exact) mass is 213 g/mol. The van der Waals surface area contributed by atoms with Crippen LogP contribution in [0.5, 0.6) is 0 Å². The second-order valence-corrected chi connectivity index (χ2v) is 3.81. The Morgan fingerprint density at radius 2 is 2.57 bits per heavy atom. The van der Waals surface area contributed by atoms with Crippen molar-refractivity contribution in [2.75, 3.05) is 23.9 Å². The molecule has 14 heavy (non-hydrogen) atoms. The number of hydrogen-bond acceptors (Lipinski definition) is 3. The van der Waals surface area contributed by atoms with Gasteiger partial charge in [-0.15, -0.1) is 11.6 Å². The van der Waals surface area contributed by atoms with E-state index < -0.39 is 0 Å². The van der Waals surface area contributed by atoms with Crippen LogP contribution in [0.2, 0.25) is 0 Å². The number of nitrogens with zero attached hydrogens (tertiary/aromatic N) is 2. The van der Waals surface area contributed by atoms with Gasteiger partial charge in [-0.05, 0) is 12.3 Å². The van der Waals surface area contributed by atoms with E-state index in [1.54, 1.807) is 12.4 Å². The minimum absolute atomic E-state index is 0.122. The molecule has 0 aliphatic carbocycles. The molecule has 76 valence electrons. The summed E-state index contributed by atoms with van der Waals surface area (Å²) in [5.41, 5.74) is -0.122. The van der Waals surface area contributed by atoms with E-state index in [9.17, 15) is 4.79 Å². The van der Waals surface area contributed by atoms with Crippen LogP contribution in [0.4, 0.5) is 5.82 Å². The molecule has 0 saturated carbocycles. The predicted octanol–water partition coefficient (Wildman–Crippen LogP) is 0.835. The van der Waals surface area contributed by atoms with Gasteiger partial charge in [-0.1, -0.05) is 0 Å². The third-order valence-electron chi connectivity index (χ3n) is 2.49. The topological polar surface area (TPSA) is 49.0 Å². The van der Waals surface area contributed by atoms with Gasteiger partial charge in [0, 0.05) is 31.4 Å². The smallest absolute Gasteiger partial charge is 0.290 e. The molecule has 2 heterocycles. The molecule has 0 amide bonds. The van der Waals surface area contributed by atoms with Crippen molar-refractivity contribution < 1.29 is 0 Å². The highest BCUT2D eigenvalue weighted by Crippen LogP contribution is 2.19. The normalized spacial score (nSPS) is 21.5. The van der Waals surface area contributed by atoms with E-state index >= 15 is 0 Å². The van der Waals surface area contributed by atoms with Gasteiger partial charge in [-0.2, -0.15) is 0 Å². The molecule has 1 fully saturated rings. The molecule has 0 radical (unpaired) electrons. The zero-order valence-corrected chi connectivity index (χ0v) is 8.50. The van der Waals surface area contributed by atoms with Gasteiger partial charge < -0.3 is 9.88 Å². The summed E-state index contributed by atoms with van der Waals surface area (Å²) in [7, 11) is 0. The molecule has 1 aliphatic rings. The maximum Gasteiger partial charge on any atom is 0.290 e. The van der Waals surface area contributed by atoms with Crippen LogP contribution in [0.15, 0.2) is 17.2 Å². The van der Waals surface area contributed by atoms with Crippen LogP contribution in [-0.4, -0.2) is 28.9 Å². The summed E-state index contributed by atoms with van der Waals surface area (Å²) in [5, 5.41) is 0. The Morgan fingerprint density at radius 3 is 3.21 bits per heavy atom. The SMILES string of the molecule is O=c1[nH]ccnc1N1CCC(CCl)C1. The average Bonchev–Trinajstić information content (AvgIpc) is 2.67. The first-order valence-corrected chi connectivity index (χ1v) is 5.19. The van der Waals surface area contributed by atoms with Gasteiger partial charge in [0.25, 0.3) is 5.56 Å². The van der Waals surface area contributed by atoms with Gasteiger partial charge >= 0.3 is 0 Å². The Labute approximate surface area is 86.9 Å². The second-order valence-electron chi connectivity index (χ2n) is 3.50. The summed E-state index contributed by atoms with van der Waals surface area (Å²) in [5.74, 6) is 1.65. The minimum atomic E-state index is -0.122. The Bertz CT molecular complexity index is 365. The maximum atomic E-state index is 11.4. The lowest BCUT2D eigenvalue weighted by atomic mass is 10.2. The van der Waals surface area contributed by atoms with Crippen molar-refractivity contribution in [3.63, 3.8) is 0 Å². The highest BCUT2D eigenvalue weighted by Gasteiger charge is 2.23. The number of alkyl halides is 1. The second kappa shape index (κ2) is 4.00. The third-order valence-corrected chi connectivity index (χ3v) is 2.93. The van der Waals surface area contributed by atoms with Crippen LogP contribution >= 0.6 is 11.6 Å². The number of halogens is 1. The van der Waals surface area contributed by atoms with E-state index in [1.807, 2.05) is 4.90 Å². The molecule has 1 aromatic heterocycles. The summed E-state index contributed by atoms with van der Waals surface area (Å²) in [6.07, 6.45) is 4.19. The molecule has 0 aromatic carbocycles. The Hall–Kier alpha value is -1.03. The van der Waals surface area contributed by atoms with E-state index in [0.717, 1.165) is 19.5 Å². The number of nitrogens with one attached hydrogen (secondary N) is 1. The van der Waals surface area contributed by atoms with Gasteiger partial charge in [0.15, 0.2) is 5.82 Å². The lowest BCUT2D eigenvalue weighted by Gasteiger charge is -2.15. The van der Waals surface area contributed by atoms with Crippen molar-refractivity contribution >= 4 is 17.4 Å². The maximum absolute atomic E-state index is 11.4. The van der Waals surface area contributed by atoms with Gasteiger partial charge in [0.2, 0.25) is 0 Å². The number of aromatic amines is 1. The predicted molar refractivity (Wildman–Crippen MR) is 55.9 cm³/mol. The Kier molecular flexibility index (Phi) is 2.72. The van der Waals surface area contributed by atoms with Crippen LogP contribution in [0, 0.1) is 5.92 Å². The number of anilines is 1. The number of aromatic nitrogens is 2. The largest absolute Gasteiger partial charge is 0.352 e. The molecule has 1 atom stereocenters. The summed E-state index contributed by atoms with van der Waals surface area (Å²) < 4.78 is 0. The van der Waals surface area contributed by atoms with Crippen LogP contribution in [0.1, 0.15) is 6.42 Å². The number of rotatable bonds is 2. The molecule has 0 bridgehead atoms. The van der Waals surface area contributed by atoms with E-state index in [0.29, 0.717) is 17.6 Å². The van der Waals surface area contributed by atoms with Crippen molar-refractivity contribution in [1.82, 2.24) is 9.97 Å². The van der Waals surface area contributed by atoms with Crippen LogP contribution in [-0.2, 0) is 0 Å². The average molecular weight is 214 g/mol. The number of H-pyrrole nitrogens is 1. The van der Waals surface area contributed by atoms with Crippen LogP contribution in [0.3, 0.4) is 0 Å². The molecular weight excluding hydrogens is 202 g/mol. The fourth-order valence-electron chi connectivity index (χ4n) is 1.72. The Balaban J connectivity index is 2.18. The highest BCUT2D eigenvalue weighted by atomic mass is 35.5. The zero-order chi connectivity index (χ0) is 9.97. The summed E-state index contributed by atoms with van der Waals surface area (Å²) in [6.45, 7) is 1.71. The lowest BCUT2D eigenvalue weighted by molar-refractivity contribution is 0.666. The Morgan fingerprint density at radius 1 is 1.71 bits per heavy atom. The van der Waals surface area contributed by atoms with Crippen LogP contribution < -0.4 is 10.5 Å². The molecule has 0 spiro atoms. The first kappa shape index (κ1) is 9.52. The third kappa shape index (κ3) is 1.75.